The van der Waals surface area contributed by atoms with Crippen LogP contribution in [0.2, 0.25) is 5.02 Å². The molecule has 2 rings (SSSR count). The van der Waals surface area contributed by atoms with Gasteiger partial charge in [0.2, 0.25) is 0 Å². The van der Waals surface area contributed by atoms with E-state index in [1.807, 2.05) is 18.2 Å². The molecule has 2 nitrogen and oxygen atoms in total. The van der Waals surface area contributed by atoms with Crippen LogP contribution in [-0.2, 0) is 0 Å². The topological polar surface area (TPSA) is 29.3 Å². The van der Waals surface area contributed by atoms with Crippen molar-refractivity contribution in [3.05, 3.63) is 23.2 Å². The van der Waals surface area contributed by atoms with E-state index in [0.29, 0.717) is 5.41 Å². The number of hydrogen-bond donors (Lipinski definition) is 1. The summed E-state index contributed by atoms with van der Waals surface area (Å²) in [6.07, 6.45) is 3.77. The van der Waals surface area contributed by atoms with E-state index in [1.54, 1.807) is 0 Å². The fourth-order valence-electron chi connectivity index (χ4n) is 2.99. The molecular weight excluding hydrogens is 256 g/mol. The van der Waals surface area contributed by atoms with Gasteiger partial charge in [0.25, 0.3) is 0 Å². The summed E-state index contributed by atoms with van der Waals surface area (Å²) >= 11 is 6.10. The number of nitrogens with two attached hydrogens (primary N) is 1. The van der Waals surface area contributed by atoms with Gasteiger partial charge in [-0.2, -0.15) is 0 Å². The molecule has 0 aromatic heterocycles. The lowest BCUT2D eigenvalue weighted by Gasteiger charge is -2.30. The predicted molar refractivity (Wildman–Crippen MR) is 84.9 cm³/mol. The molecule has 1 aromatic rings. The quantitative estimate of drug-likeness (QED) is 0.763. The van der Waals surface area contributed by atoms with Crippen molar-refractivity contribution in [1.29, 1.82) is 0 Å². The minimum absolute atomic E-state index is 0.399. The van der Waals surface area contributed by atoms with Crippen molar-refractivity contribution < 1.29 is 0 Å². The molecule has 0 amide bonds. The summed E-state index contributed by atoms with van der Waals surface area (Å²) in [5.74, 6) is 0.790. The summed E-state index contributed by atoms with van der Waals surface area (Å²) < 4.78 is 0. The number of anilines is 2. The van der Waals surface area contributed by atoms with Gasteiger partial charge >= 0.3 is 0 Å². The van der Waals surface area contributed by atoms with Crippen molar-refractivity contribution in [1.82, 2.24) is 0 Å². The van der Waals surface area contributed by atoms with Crippen LogP contribution < -0.4 is 10.6 Å². The number of rotatable bonds is 1. The van der Waals surface area contributed by atoms with E-state index in [-0.39, 0.29) is 0 Å². The third-order valence-corrected chi connectivity index (χ3v) is 4.52. The van der Waals surface area contributed by atoms with Gasteiger partial charge in [-0.05, 0) is 48.8 Å². The number of hydrogen-bond acceptors (Lipinski definition) is 2. The van der Waals surface area contributed by atoms with Crippen molar-refractivity contribution in [2.45, 2.75) is 40.0 Å². The van der Waals surface area contributed by atoms with Crippen LogP contribution in [0.5, 0.6) is 0 Å². The van der Waals surface area contributed by atoms with Gasteiger partial charge in [0, 0.05) is 18.1 Å². The lowest BCUT2D eigenvalue weighted by molar-refractivity contribution is 0.220. The summed E-state index contributed by atoms with van der Waals surface area (Å²) in [5.41, 5.74) is 8.42. The zero-order chi connectivity index (χ0) is 14.0. The second-order valence-corrected chi connectivity index (χ2v) is 7.12. The van der Waals surface area contributed by atoms with E-state index in [1.165, 1.54) is 19.3 Å². The molecule has 1 heterocycles. The Morgan fingerprint density at radius 2 is 1.95 bits per heavy atom. The molecule has 1 atom stereocenters. The van der Waals surface area contributed by atoms with Crippen molar-refractivity contribution in [2.24, 2.45) is 11.3 Å². The van der Waals surface area contributed by atoms with Gasteiger partial charge in [-0.25, -0.2) is 0 Å². The van der Waals surface area contributed by atoms with Crippen molar-refractivity contribution >= 4 is 23.0 Å². The van der Waals surface area contributed by atoms with Gasteiger partial charge in [0.1, 0.15) is 0 Å². The SMILES string of the molecule is CC(C)(C)C1CCCN(c2cc(Cl)ccc2N)CC1. The molecule has 0 spiro atoms. The molecule has 0 radical (unpaired) electrons. The molecule has 0 bridgehead atoms. The van der Waals surface area contributed by atoms with Crippen LogP contribution in [0, 0.1) is 11.3 Å². The average molecular weight is 281 g/mol. The van der Waals surface area contributed by atoms with E-state index in [4.69, 9.17) is 17.3 Å². The van der Waals surface area contributed by atoms with Crippen LogP contribution in [-0.4, -0.2) is 13.1 Å². The summed E-state index contributed by atoms with van der Waals surface area (Å²) in [7, 11) is 0. The maximum atomic E-state index is 6.10. The summed E-state index contributed by atoms with van der Waals surface area (Å²) in [6, 6.07) is 5.76. The Morgan fingerprint density at radius 1 is 1.21 bits per heavy atom. The average Bonchev–Trinajstić information content (AvgIpc) is 2.57. The highest BCUT2D eigenvalue weighted by molar-refractivity contribution is 6.31. The van der Waals surface area contributed by atoms with E-state index in [9.17, 15) is 0 Å². The summed E-state index contributed by atoms with van der Waals surface area (Å²) in [6.45, 7) is 9.20. The van der Waals surface area contributed by atoms with E-state index >= 15 is 0 Å². The highest BCUT2D eigenvalue weighted by Gasteiger charge is 2.27. The van der Waals surface area contributed by atoms with Crippen LogP contribution >= 0.6 is 11.6 Å². The molecule has 19 heavy (non-hydrogen) atoms. The smallest absolute Gasteiger partial charge is 0.0614 e. The predicted octanol–water partition coefficient (Wildman–Crippen LogP) is 4.57. The van der Waals surface area contributed by atoms with Crippen LogP contribution in [0.3, 0.4) is 0 Å². The first-order chi connectivity index (χ1) is 8.88. The van der Waals surface area contributed by atoms with E-state index < -0.39 is 0 Å². The fraction of sp³-hybridized carbons (Fsp3) is 0.625. The van der Waals surface area contributed by atoms with Crippen LogP contribution in [0.25, 0.3) is 0 Å². The van der Waals surface area contributed by atoms with Gasteiger partial charge < -0.3 is 10.6 Å². The minimum atomic E-state index is 0.399. The molecule has 1 aromatic carbocycles. The molecule has 1 unspecified atom stereocenters. The first-order valence-electron chi connectivity index (χ1n) is 7.18. The highest BCUT2D eigenvalue weighted by Crippen LogP contribution is 2.36. The number of nitrogens with zero attached hydrogens (tertiary/aromatic N) is 1. The fourth-order valence-corrected chi connectivity index (χ4v) is 3.16. The van der Waals surface area contributed by atoms with Gasteiger partial charge in [-0.15, -0.1) is 0 Å². The lowest BCUT2D eigenvalue weighted by atomic mass is 9.77. The zero-order valence-electron chi connectivity index (χ0n) is 12.2. The number of benzene rings is 1. The second kappa shape index (κ2) is 5.62. The minimum Gasteiger partial charge on any atom is -0.397 e. The van der Waals surface area contributed by atoms with Crippen molar-refractivity contribution in [3.63, 3.8) is 0 Å². The van der Waals surface area contributed by atoms with E-state index in [2.05, 4.69) is 25.7 Å². The van der Waals surface area contributed by atoms with Gasteiger partial charge in [-0.1, -0.05) is 32.4 Å². The Hall–Kier alpha value is -0.890. The van der Waals surface area contributed by atoms with Crippen LogP contribution in [0.1, 0.15) is 40.0 Å². The summed E-state index contributed by atoms with van der Waals surface area (Å²) in [4.78, 5) is 2.40. The second-order valence-electron chi connectivity index (χ2n) is 6.68. The first kappa shape index (κ1) is 14.5. The molecule has 0 aliphatic carbocycles. The van der Waals surface area contributed by atoms with Crippen molar-refractivity contribution in [3.8, 4) is 0 Å². The highest BCUT2D eigenvalue weighted by atomic mass is 35.5. The van der Waals surface area contributed by atoms with Crippen LogP contribution in [0.15, 0.2) is 18.2 Å². The third kappa shape index (κ3) is 3.56. The van der Waals surface area contributed by atoms with Gasteiger partial charge in [0.05, 0.1) is 11.4 Å². The Morgan fingerprint density at radius 3 is 2.63 bits per heavy atom. The molecule has 1 fully saturated rings. The maximum absolute atomic E-state index is 6.10. The molecule has 0 saturated carbocycles. The molecule has 106 valence electrons. The first-order valence-corrected chi connectivity index (χ1v) is 7.55. The molecule has 1 aliphatic heterocycles. The Labute approximate surface area is 121 Å². The Kier molecular flexibility index (Phi) is 4.29. The standard InChI is InChI=1S/C16H25ClN2/c1-16(2,3)12-5-4-9-19(10-8-12)15-11-13(17)6-7-14(15)18/h6-7,11-12H,4-5,8-10,18H2,1-3H3. The van der Waals surface area contributed by atoms with E-state index in [0.717, 1.165) is 35.4 Å². The maximum Gasteiger partial charge on any atom is 0.0614 e. The molecule has 2 N–H and O–H groups in total. The normalized spacial score (nSPS) is 21.3. The number of nitrogen functional groups attached to an aromatic ring is 1. The zero-order valence-corrected chi connectivity index (χ0v) is 13.0. The molecule has 1 saturated heterocycles. The van der Waals surface area contributed by atoms with Crippen molar-refractivity contribution in [2.75, 3.05) is 23.7 Å². The third-order valence-electron chi connectivity index (χ3n) is 4.29. The monoisotopic (exact) mass is 280 g/mol. The Balaban J connectivity index is 2.13. The van der Waals surface area contributed by atoms with Crippen LogP contribution in [0.4, 0.5) is 11.4 Å². The summed E-state index contributed by atoms with van der Waals surface area (Å²) in [5, 5.41) is 0.765. The largest absolute Gasteiger partial charge is 0.397 e. The Bertz CT molecular complexity index is 437. The molecular formula is C16H25ClN2. The molecule has 3 heteroatoms. The number of halogens is 1. The van der Waals surface area contributed by atoms with Gasteiger partial charge in [-0.3, -0.25) is 0 Å². The molecule has 1 aliphatic rings. The lowest BCUT2D eigenvalue weighted by Crippen LogP contribution is -2.26. The van der Waals surface area contributed by atoms with Gasteiger partial charge in [0.15, 0.2) is 0 Å².